The van der Waals surface area contributed by atoms with Gasteiger partial charge in [-0.05, 0) is 43.7 Å². The maximum Gasteiger partial charge on any atom is 0.243 e. The van der Waals surface area contributed by atoms with Crippen molar-refractivity contribution >= 4 is 34.8 Å². The Morgan fingerprint density at radius 1 is 1.21 bits per heavy atom. The minimum Gasteiger partial charge on any atom is -0.402 e. The number of aryl methyl sites for hydroxylation is 1. The summed E-state index contributed by atoms with van der Waals surface area (Å²) < 4.78 is 0. The molecule has 1 saturated heterocycles. The third-order valence-corrected chi connectivity index (χ3v) is 7.73. The Bertz CT molecular complexity index is 1200. The van der Waals surface area contributed by atoms with Gasteiger partial charge in [0.25, 0.3) is 0 Å². The van der Waals surface area contributed by atoms with Gasteiger partial charge in [-0.15, -0.1) is 11.3 Å². The number of nitrogens with zero attached hydrogens (tertiary/aromatic N) is 2. The Hall–Kier alpha value is -3.53. The number of hydrogen-bond acceptors (Lipinski definition) is 7. The average Bonchev–Trinajstić information content (AvgIpc) is 3.52. The predicted molar refractivity (Wildman–Crippen MR) is 148 cm³/mol. The van der Waals surface area contributed by atoms with Crippen LogP contribution in [0.5, 0.6) is 0 Å². The monoisotopic (exact) mass is 539 g/mol. The lowest BCUT2D eigenvalue weighted by molar-refractivity contribution is -0.146. The first-order valence-corrected chi connectivity index (χ1v) is 13.7. The molecule has 1 aliphatic rings. The van der Waals surface area contributed by atoms with Gasteiger partial charge in [-0.1, -0.05) is 38.1 Å². The number of carbonyl (C=O) groups is 4. The SMILES string of the molecule is CNC(=O)C[C@H](NC(=O)[C@@H]1CCCN1C(=O)[C@@H](C(=O)/C=C(/C)N)C(C)C)c1ccc(-c2scnc2C)cc1. The minimum atomic E-state index is -0.911. The van der Waals surface area contributed by atoms with Crippen LogP contribution in [-0.2, 0) is 19.2 Å². The van der Waals surface area contributed by atoms with Gasteiger partial charge in [0.2, 0.25) is 17.7 Å². The molecule has 9 nitrogen and oxygen atoms in total. The van der Waals surface area contributed by atoms with Gasteiger partial charge in [-0.2, -0.15) is 0 Å². The fraction of sp³-hybridized carbons (Fsp3) is 0.464. The molecule has 3 amide bonds. The molecular formula is C28H37N5O4S. The van der Waals surface area contributed by atoms with E-state index in [1.165, 1.54) is 11.0 Å². The molecule has 0 spiro atoms. The molecule has 4 N–H and O–H groups in total. The van der Waals surface area contributed by atoms with Crippen molar-refractivity contribution in [3.63, 3.8) is 0 Å². The van der Waals surface area contributed by atoms with Crippen LogP contribution in [0.2, 0.25) is 0 Å². The van der Waals surface area contributed by atoms with Crippen molar-refractivity contribution in [1.82, 2.24) is 20.5 Å². The molecular weight excluding hydrogens is 502 g/mol. The van der Waals surface area contributed by atoms with Crippen LogP contribution in [0.25, 0.3) is 10.4 Å². The number of amides is 3. The highest BCUT2D eigenvalue weighted by molar-refractivity contribution is 7.13. The Balaban J connectivity index is 1.81. The first-order chi connectivity index (χ1) is 18.0. The van der Waals surface area contributed by atoms with Crippen LogP contribution in [0, 0.1) is 18.8 Å². The number of benzene rings is 1. The van der Waals surface area contributed by atoms with Crippen molar-refractivity contribution in [3.8, 4) is 10.4 Å². The minimum absolute atomic E-state index is 0.0511. The second-order valence-corrected chi connectivity index (χ2v) is 10.9. The number of ketones is 1. The topological polar surface area (TPSA) is 134 Å². The van der Waals surface area contributed by atoms with Crippen LogP contribution in [0.15, 0.2) is 41.5 Å². The summed E-state index contributed by atoms with van der Waals surface area (Å²) in [5.74, 6) is -2.45. The molecule has 0 unspecified atom stereocenters. The number of aromatic nitrogens is 1. The van der Waals surface area contributed by atoms with E-state index in [4.69, 9.17) is 5.73 Å². The predicted octanol–water partition coefficient (Wildman–Crippen LogP) is 3.11. The van der Waals surface area contributed by atoms with Gasteiger partial charge < -0.3 is 21.3 Å². The summed E-state index contributed by atoms with van der Waals surface area (Å²) in [4.78, 5) is 58.9. The molecule has 3 rings (SSSR count). The zero-order valence-corrected chi connectivity index (χ0v) is 23.4. The smallest absolute Gasteiger partial charge is 0.243 e. The van der Waals surface area contributed by atoms with E-state index in [-0.39, 0.29) is 35.8 Å². The van der Waals surface area contributed by atoms with Crippen molar-refractivity contribution < 1.29 is 19.2 Å². The van der Waals surface area contributed by atoms with E-state index >= 15 is 0 Å². The van der Waals surface area contributed by atoms with E-state index in [0.29, 0.717) is 25.1 Å². The summed E-state index contributed by atoms with van der Waals surface area (Å²) in [7, 11) is 1.55. The maximum atomic E-state index is 13.5. The number of nitrogens with two attached hydrogens (primary N) is 1. The third-order valence-electron chi connectivity index (χ3n) is 6.75. The lowest BCUT2D eigenvalue weighted by atomic mass is 9.89. The summed E-state index contributed by atoms with van der Waals surface area (Å²) in [6.45, 7) is 7.56. The Kier molecular flexibility index (Phi) is 9.79. The zero-order chi connectivity index (χ0) is 28.0. The highest BCUT2D eigenvalue weighted by Gasteiger charge is 2.40. The van der Waals surface area contributed by atoms with Gasteiger partial charge in [-0.3, -0.25) is 19.2 Å². The quantitative estimate of drug-likeness (QED) is 0.314. The first-order valence-electron chi connectivity index (χ1n) is 12.8. The van der Waals surface area contributed by atoms with E-state index in [1.54, 1.807) is 30.8 Å². The van der Waals surface area contributed by atoms with Gasteiger partial charge in [0.1, 0.15) is 12.0 Å². The van der Waals surface area contributed by atoms with Crippen LogP contribution in [0.4, 0.5) is 0 Å². The second kappa shape index (κ2) is 12.8. The summed E-state index contributed by atoms with van der Waals surface area (Å²) in [5.41, 5.74) is 10.5. The molecule has 1 aliphatic heterocycles. The van der Waals surface area contributed by atoms with Crippen molar-refractivity contribution in [2.24, 2.45) is 17.6 Å². The molecule has 0 radical (unpaired) electrons. The van der Waals surface area contributed by atoms with Crippen molar-refractivity contribution in [2.45, 2.75) is 59.0 Å². The number of likely N-dealkylation sites (tertiary alicyclic amines) is 1. The van der Waals surface area contributed by atoms with Gasteiger partial charge >= 0.3 is 0 Å². The molecule has 1 aromatic carbocycles. The van der Waals surface area contributed by atoms with E-state index in [0.717, 1.165) is 21.7 Å². The molecule has 2 heterocycles. The third kappa shape index (κ3) is 6.86. The molecule has 1 aromatic heterocycles. The Morgan fingerprint density at radius 3 is 2.45 bits per heavy atom. The largest absolute Gasteiger partial charge is 0.402 e. The number of carbonyl (C=O) groups excluding carboxylic acids is 4. The van der Waals surface area contributed by atoms with E-state index in [2.05, 4.69) is 15.6 Å². The molecule has 204 valence electrons. The molecule has 2 aromatic rings. The number of hydrogen-bond donors (Lipinski definition) is 3. The Labute approximate surface area is 227 Å². The molecule has 1 fully saturated rings. The molecule has 0 aliphatic carbocycles. The van der Waals surface area contributed by atoms with Gasteiger partial charge in [-0.25, -0.2) is 4.98 Å². The first kappa shape index (κ1) is 29.0. The zero-order valence-electron chi connectivity index (χ0n) is 22.6. The lowest BCUT2D eigenvalue weighted by Gasteiger charge is -2.30. The number of rotatable bonds is 10. The summed E-state index contributed by atoms with van der Waals surface area (Å²) >= 11 is 1.55. The summed E-state index contributed by atoms with van der Waals surface area (Å²) in [6.07, 6.45) is 2.47. The number of allylic oxidation sites excluding steroid dienone is 2. The van der Waals surface area contributed by atoms with Crippen molar-refractivity contribution in [3.05, 3.63) is 52.8 Å². The summed E-state index contributed by atoms with van der Waals surface area (Å²) in [6, 6.07) is 6.41. The van der Waals surface area contributed by atoms with Crippen LogP contribution >= 0.6 is 11.3 Å². The van der Waals surface area contributed by atoms with E-state index < -0.39 is 18.0 Å². The van der Waals surface area contributed by atoms with E-state index in [1.807, 2.05) is 45.0 Å². The maximum absolute atomic E-state index is 13.5. The van der Waals surface area contributed by atoms with Crippen LogP contribution in [0.1, 0.15) is 57.3 Å². The fourth-order valence-corrected chi connectivity index (χ4v) is 5.60. The lowest BCUT2D eigenvalue weighted by Crippen LogP contribution is -2.50. The average molecular weight is 540 g/mol. The standard InChI is InChI=1S/C28H37N5O4S/c1-16(2)25(23(34)13-17(3)29)28(37)33-12-6-7-22(33)27(36)32-21(14-24(35)30-5)19-8-10-20(11-9-19)26-18(4)31-15-38-26/h8-11,13,15-16,21-22,25H,6-7,12,14,29H2,1-5H3,(H,30,35)(H,32,36)/b17-13-/t21-,22-,25+/m0/s1. The van der Waals surface area contributed by atoms with Crippen molar-refractivity contribution in [1.29, 1.82) is 0 Å². The van der Waals surface area contributed by atoms with Crippen LogP contribution < -0.4 is 16.4 Å². The van der Waals surface area contributed by atoms with Gasteiger partial charge in [0.05, 0.1) is 28.5 Å². The van der Waals surface area contributed by atoms with Gasteiger partial charge in [0, 0.05) is 25.4 Å². The normalized spacial score (nSPS) is 17.3. The Morgan fingerprint density at radius 2 is 1.89 bits per heavy atom. The molecule has 0 saturated carbocycles. The summed E-state index contributed by atoms with van der Waals surface area (Å²) in [5, 5.41) is 5.62. The van der Waals surface area contributed by atoms with Crippen LogP contribution in [-0.4, -0.2) is 53.0 Å². The van der Waals surface area contributed by atoms with Crippen LogP contribution in [0.3, 0.4) is 0 Å². The second-order valence-electron chi connectivity index (χ2n) is 10.0. The number of nitrogens with one attached hydrogen (secondary N) is 2. The van der Waals surface area contributed by atoms with Gasteiger partial charge in [0.15, 0.2) is 5.78 Å². The molecule has 10 heteroatoms. The van der Waals surface area contributed by atoms with E-state index in [9.17, 15) is 19.2 Å². The molecule has 38 heavy (non-hydrogen) atoms. The highest BCUT2D eigenvalue weighted by Crippen LogP contribution is 2.30. The number of thiazole rings is 1. The van der Waals surface area contributed by atoms with Crippen molar-refractivity contribution in [2.75, 3.05) is 13.6 Å². The molecule has 0 bridgehead atoms. The highest BCUT2D eigenvalue weighted by atomic mass is 32.1. The fourth-order valence-electron chi connectivity index (χ4n) is 4.78. The molecule has 3 atom stereocenters.